The van der Waals surface area contributed by atoms with Crippen LogP contribution in [0.25, 0.3) is 17.1 Å². The van der Waals surface area contributed by atoms with Crippen molar-refractivity contribution < 1.29 is 37.0 Å². The zero-order valence-electron chi connectivity index (χ0n) is 25.6. The molecule has 2 N–H and O–H groups in total. The monoisotopic (exact) mass is 628 g/mol. The van der Waals surface area contributed by atoms with Gasteiger partial charge in [-0.2, -0.15) is 5.10 Å². The third-order valence-corrected chi connectivity index (χ3v) is 6.43. The van der Waals surface area contributed by atoms with Gasteiger partial charge >= 0.3 is 6.09 Å². The quantitative estimate of drug-likeness (QED) is 0.204. The number of benzene rings is 1. The summed E-state index contributed by atoms with van der Waals surface area (Å²) in [6.45, 7) is 9.22. The molecule has 0 saturated heterocycles. The maximum atomic E-state index is 14.1. The third kappa shape index (κ3) is 8.26. The highest BCUT2D eigenvalue weighted by molar-refractivity contribution is 6.03. The van der Waals surface area contributed by atoms with Gasteiger partial charge in [-0.3, -0.25) is 9.69 Å². The Morgan fingerprint density at radius 3 is 2.56 bits per heavy atom. The van der Waals surface area contributed by atoms with Crippen LogP contribution in [0.1, 0.15) is 75.6 Å². The molecule has 0 bridgehead atoms. The van der Waals surface area contributed by atoms with Gasteiger partial charge in [0.15, 0.2) is 11.4 Å². The van der Waals surface area contributed by atoms with Crippen LogP contribution in [0.15, 0.2) is 53.4 Å². The molecule has 1 aliphatic carbocycles. The van der Waals surface area contributed by atoms with E-state index < -0.39 is 42.1 Å². The Morgan fingerprint density at radius 1 is 1.20 bits per heavy atom. The predicted molar refractivity (Wildman–Crippen MR) is 160 cm³/mol. The summed E-state index contributed by atoms with van der Waals surface area (Å²) in [6, 6.07) is 6.89. The van der Waals surface area contributed by atoms with Gasteiger partial charge in [-0.05, 0) is 63.8 Å². The Bertz CT molecular complexity index is 1640. The summed E-state index contributed by atoms with van der Waals surface area (Å²) in [5.41, 5.74) is -1.40. The van der Waals surface area contributed by atoms with E-state index in [1.807, 2.05) is 13.8 Å². The SMILES string of the molecule is CC.CC(C)(C)OC(=O)N(CC1CC1)c1cc(-c2nc(C(=O)Nc3cn(-c4ccc(CO)c(F)c4)nc3C(F)F)co2)ccn1. The second-order valence-electron chi connectivity index (χ2n) is 11.0. The summed E-state index contributed by atoms with van der Waals surface area (Å²) in [5.74, 6) is -0.891. The van der Waals surface area contributed by atoms with Crippen molar-refractivity contribution in [2.24, 2.45) is 5.92 Å². The number of nitrogens with zero attached hydrogens (tertiary/aromatic N) is 5. The molecule has 1 saturated carbocycles. The molecule has 5 rings (SSSR count). The molecule has 11 nitrogen and oxygen atoms in total. The summed E-state index contributed by atoms with van der Waals surface area (Å²) < 4.78 is 53.7. The van der Waals surface area contributed by atoms with Crippen molar-refractivity contribution in [3.8, 4) is 17.1 Å². The Balaban J connectivity index is 0.00000226. The van der Waals surface area contributed by atoms with Gasteiger partial charge in [0.2, 0.25) is 5.89 Å². The van der Waals surface area contributed by atoms with Crippen molar-refractivity contribution in [1.82, 2.24) is 19.7 Å². The summed E-state index contributed by atoms with van der Waals surface area (Å²) in [6.07, 6.45) is 2.05. The van der Waals surface area contributed by atoms with Gasteiger partial charge < -0.3 is 19.6 Å². The second-order valence-corrected chi connectivity index (χ2v) is 11.0. The molecule has 240 valence electrons. The van der Waals surface area contributed by atoms with Gasteiger partial charge in [0, 0.05) is 23.9 Å². The number of nitrogens with one attached hydrogen (secondary N) is 1. The maximum Gasteiger partial charge on any atom is 0.416 e. The number of pyridine rings is 1. The van der Waals surface area contributed by atoms with Gasteiger partial charge in [-0.1, -0.05) is 19.9 Å². The first kappa shape index (κ1) is 33.2. The lowest BCUT2D eigenvalue weighted by atomic mass is 10.2. The van der Waals surface area contributed by atoms with Crippen LogP contribution in [0, 0.1) is 11.7 Å². The fourth-order valence-electron chi connectivity index (χ4n) is 4.12. The molecule has 14 heteroatoms. The van der Waals surface area contributed by atoms with Crippen molar-refractivity contribution >= 4 is 23.5 Å². The summed E-state index contributed by atoms with van der Waals surface area (Å²) in [7, 11) is 0. The van der Waals surface area contributed by atoms with Gasteiger partial charge in [-0.15, -0.1) is 0 Å². The average molecular weight is 629 g/mol. The maximum absolute atomic E-state index is 14.1. The number of amides is 2. The highest BCUT2D eigenvalue weighted by atomic mass is 19.3. The molecule has 0 spiro atoms. The summed E-state index contributed by atoms with van der Waals surface area (Å²) >= 11 is 0. The van der Waals surface area contributed by atoms with Crippen LogP contribution in [0.5, 0.6) is 0 Å². The van der Waals surface area contributed by atoms with Crippen molar-refractivity contribution in [1.29, 1.82) is 0 Å². The van der Waals surface area contributed by atoms with Gasteiger partial charge in [-0.25, -0.2) is 32.6 Å². The predicted octanol–water partition coefficient (Wildman–Crippen LogP) is 6.92. The number of alkyl halides is 2. The van der Waals surface area contributed by atoms with Crippen LogP contribution in [0.4, 0.5) is 29.5 Å². The van der Waals surface area contributed by atoms with E-state index in [2.05, 4.69) is 20.4 Å². The number of aromatic nitrogens is 4. The topological polar surface area (TPSA) is 136 Å². The van der Waals surface area contributed by atoms with E-state index >= 15 is 0 Å². The van der Waals surface area contributed by atoms with Crippen LogP contribution < -0.4 is 10.2 Å². The number of aliphatic hydroxyl groups excluding tert-OH is 1. The lowest BCUT2D eigenvalue weighted by Gasteiger charge is -2.27. The molecule has 0 unspecified atom stereocenters. The van der Waals surface area contributed by atoms with Crippen molar-refractivity contribution in [3.05, 3.63) is 71.8 Å². The van der Waals surface area contributed by atoms with Gasteiger partial charge in [0.05, 0.1) is 24.2 Å². The standard InChI is InChI=1S/C29H29F3N6O5.C2H6/c1-29(2,3)43-28(41)37(12-16-4-5-16)23-10-17(8-9-33-23)27-35-22(15-42-27)26(40)34-21-13-38(36-24(21)25(31)32)19-7-6-18(14-39)20(30)11-19;1-2/h6-11,13,15-16,25,39H,4-5,12,14H2,1-3H3,(H,34,40);1-2H3. The number of hydrogen-bond donors (Lipinski definition) is 2. The Kier molecular flexibility index (Phi) is 10.3. The fraction of sp³-hybridized carbons (Fsp3) is 0.387. The molecule has 3 aromatic heterocycles. The molecule has 1 fully saturated rings. The molecule has 2 amide bonds. The van der Waals surface area contributed by atoms with E-state index in [-0.39, 0.29) is 28.5 Å². The molecule has 0 aliphatic heterocycles. The third-order valence-electron chi connectivity index (χ3n) is 6.43. The van der Waals surface area contributed by atoms with E-state index in [4.69, 9.17) is 14.3 Å². The molecule has 3 heterocycles. The smallest absolute Gasteiger partial charge is 0.416 e. The van der Waals surface area contributed by atoms with Crippen LogP contribution in [0.2, 0.25) is 0 Å². The number of anilines is 2. The molecular formula is C31H35F3N6O5. The van der Waals surface area contributed by atoms with Crippen molar-refractivity contribution in [2.75, 3.05) is 16.8 Å². The molecule has 1 aliphatic rings. The molecule has 4 aromatic rings. The number of rotatable bonds is 9. The minimum atomic E-state index is -3.05. The number of ether oxygens (including phenoxy) is 1. The van der Waals surface area contributed by atoms with Crippen molar-refractivity contribution in [3.63, 3.8) is 0 Å². The number of carbonyl (C=O) groups is 2. The van der Waals surface area contributed by atoms with E-state index in [1.54, 1.807) is 32.9 Å². The first-order chi connectivity index (χ1) is 21.4. The van der Waals surface area contributed by atoms with Crippen LogP contribution in [0.3, 0.4) is 0 Å². The first-order valence-electron chi connectivity index (χ1n) is 14.4. The highest BCUT2D eigenvalue weighted by Crippen LogP contribution is 2.33. The largest absolute Gasteiger partial charge is 0.444 e. The summed E-state index contributed by atoms with van der Waals surface area (Å²) in [5, 5.41) is 15.3. The first-order valence-corrected chi connectivity index (χ1v) is 14.4. The molecule has 0 radical (unpaired) electrons. The van der Waals surface area contributed by atoms with Crippen LogP contribution in [-0.4, -0.2) is 49.0 Å². The minimum Gasteiger partial charge on any atom is -0.444 e. The Morgan fingerprint density at radius 2 is 1.93 bits per heavy atom. The van der Waals surface area contributed by atoms with E-state index in [1.165, 1.54) is 23.2 Å². The van der Waals surface area contributed by atoms with Crippen LogP contribution >= 0.6 is 0 Å². The zero-order chi connectivity index (χ0) is 32.9. The van der Waals surface area contributed by atoms with E-state index in [9.17, 15) is 22.8 Å². The van der Waals surface area contributed by atoms with E-state index in [0.717, 1.165) is 36.0 Å². The van der Waals surface area contributed by atoms with Crippen LogP contribution in [-0.2, 0) is 11.3 Å². The lowest BCUT2D eigenvalue weighted by Crippen LogP contribution is -2.38. The number of carbonyl (C=O) groups excluding carboxylic acids is 2. The normalized spacial score (nSPS) is 12.8. The lowest BCUT2D eigenvalue weighted by molar-refractivity contribution is 0.0577. The zero-order valence-corrected chi connectivity index (χ0v) is 25.6. The molecular weight excluding hydrogens is 593 g/mol. The van der Waals surface area contributed by atoms with Gasteiger partial charge in [0.25, 0.3) is 12.3 Å². The number of hydrogen-bond acceptors (Lipinski definition) is 8. The number of aliphatic hydroxyl groups is 1. The fourth-order valence-corrected chi connectivity index (χ4v) is 4.12. The summed E-state index contributed by atoms with van der Waals surface area (Å²) in [4.78, 5) is 35.9. The Labute approximate surface area is 258 Å². The number of oxazole rings is 1. The van der Waals surface area contributed by atoms with Gasteiger partial charge in [0.1, 0.15) is 23.5 Å². The minimum absolute atomic E-state index is 0.0298. The molecule has 1 aromatic carbocycles. The van der Waals surface area contributed by atoms with Crippen molar-refractivity contribution in [2.45, 2.75) is 66.1 Å². The highest BCUT2D eigenvalue weighted by Gasteiger charge is 2.31. The number of halogens is 3. The van der Waals surface area contributed by atoms with E-state index in [0.29, 0.717) is 23.8 Å². The average Bonchev–Trinajstić information content (AvgIpc) is 3.50. The molecule has 45 heavy (non-hydrogen) atoms. The molecule has 0 atom stereocenters. The second kappa shape index (κ2) is 13.9. The Hall–Kier alpha value is -4.72.